The van der Waals surface area contributed by atoms with Crippen LogP contribution < -0.4 is 5.73 Å². The van der Waals surface area contributed by atoms with Gasteiger partial charge in [0, 0.05) is 24.6 Å². The zero-order valence-electron chi connectivity index (χ0n) is 9.36. The van der Waals surface area contributed by atoms with Crippen molar-refractivity contribution in [2.75, 3.05) is 6.61 Å². The normalized spacial score (nSPS) is 33.5. The van der Waals surface area contributed by atoms with Gasteiger partial charge in [-0.2, -0.15) is 0 Å². The second-order valence-electron chi connectivity index (χ2n) is 4.66. The molecule has 1 aliphatic carbocycles. The Morgan fingerprint density at radius 1 is 1.40 bits per heavy atom. The first kappa shape index (κ1) is 10.7. The lowest BCUT2D eigenvalue weighted by Crippen LogP contribution is -2.27. The molecule has 2 unspecified atom stereocenters. The van der Waals surface area contributed by atoms with Gasteiger partial charge in [-0.1, -0.05) is 6.92 Å². The molecule has 0 radical (unpaired) electrons. The van der Waals surface area contributed by atoms with Gasteiger partial charge in [0.15, 0.2) is 0 Å². The van der Waals surface area contributed by atoms with Crippen molar-refractivity contribution in [3.05, 3.63) is 11.8 Å². The van der Waals surface area contributed by atoms with E-state index in [1.807, 2.05) is 6.21 Å². The summed E-state index contributed by atoms with van der Waals surface area (Å²) in [5, 5.41) is 0. The van der Waals surface area contributed by atoms with Crippen molar-refractivity contribution in [1.82, 2.24) is 0 Å². The maximum absolute atomic E-state index is 5.71. The van der Waals surface area contributed by atoms with Gasteiger partial charge in [-0.05, 0) is 31.6 Å². The Kier molecular flexibility index (Phi) is 3.41. The summed E-state index contributed by atoms with van der Waals surface area (Å²) in [6.45, 7) is 3.11. The van der Waals surface area contributed by atoms with Crippen LogP contribution in [0.2, 0.25) is 0 Å². The molecule has 1 saturated heterocycles. The molecule has 2 rings (SSSR count). The van der Waals surface area contributed by atoms with Crippen molar-refractivity contribution < 1.29 is 4.74 Å². The predicted octanol–water partition coefficient (Wildman–Crippen LogP) is 1.88. The summed E-state index contributed by atoms with van der Waals surface area (Å²) in [6.07, 6.45) is 8.43. The van der Waals surface area contributed by atoms with Crippen LogP contribution in [0, 0.1) is 5.92 Å². The van der Waals surface area contributed by atoms with E-state index in [0.29, 0.717) is 6.04 Å². The Hall–Kier alpha value is -0.830. The molecule has 1 aliphatic heterocycles. The molecular weight excluding hydrogens is 188 g/mol. The number of hydrogen-bond acceptors (Lipinski definition) is 3. The van der Waals surface area contributed by atoms with Crippen molar-refractivity contribution >= 4 is 6.21 Å². The largest absolute Gasteiger partial charge is 0.404 e. The number of hydrogen-bond donors (Lipinski definition) is 1. The van der Waals surface area contributed by atoms with Crippen LogP contribution >= 0.6 is 0 Å². The Balaban J connectivity index is 1.92. The molecular formula is C12H20N2O. The van der Waals surface area contributed by atoms with Crippen LogP contribution in [0.3, 0.4) is 0 Å². The fourth-order valence-electron chi connectivity index (χ4n) is 1.84. The molecule has 0 aromatic carbocycles. The summed E-state index contributed by atoms with van der Waals surface area (Å²) in [6, 6.07) is 0.556. The van der Waals surface area contributed by atoms with Gasteiger partial charge < -0.3 is 10.5 Å². The molecule has 0 aromatic rings. The summed E-state index contributed by atoms with van der Waals surface area (Å²) >= 11 is 0. The van der Waals surface area contributed by atoms with E-state index >= 15 is 0 Å². The lowest BCUT2D eigenvalue weighted by molar-refractivity contribution is 0.0205. The van der Waals surface area contributed by atoms with Gasteiger partial charge in [-0.15, -0.1) is 0 Å². The van der Waals surface area contributed by atoms with Crippen LogP contribution in [0.1, 0.15) is 32.6 Å². The first-order valence-electron chi connectivity index (χ1n) is 5.86. The molecule has 3 heteroatoms. The predicted molar refractivity (Wildman–Crippen MR) is 61.9 cm³/mol. The van der Waals surface area contributed by atoms with Gasteiger partial charge in [0.25, 0.3) is 0 Å². The number of aliphatic imine (C=N–C) groups is 1. The molecule has 2 aliphatic rings. The number of nitrogens with zero attached hydrogens (tertiary/aromatic N) is 1. The highest BCUT2D eigenvalue weighted by molar-refractivity contribution is 5.80. The highest BCUT2D eigenvalue weighted by Gasteiger charge is 2.23. The molecule has 1 heterocycles. The van der Waals surface area contributed by atoms with Crippen LogP contribution in [0.15, 0.2) is 16.8 Å². The van der Waals surface area contributed by atoms with Gasteiger partial charge in [0.2, 0.25) is 0 Å². The second-order valence-corrected chi connectivity index (χ2v) is 4.66. The first-order chi connectivity index (χ1) is 7.29. The van der Waals surface area contributed by atoms with Crippen molar-refractivity contribution in [2.24, 2.45) is 16.6 Å². The summed E-state index contributed by atoms with van der Waals surface area (Å²) < 4.78 is 5.71. The smallest absolute Gasteiger partial charge is 0.0856 e. The summed E-state index contributed by atoms with van der Waals surface area (Å²) in [4.78, 5) is 4.45. The van der Waals surface area contributed by atoms with Crippen LogP contribution in [0.5, 0.6) is 0 Å². The maximum Gasteiger partial charge on any atom is 0.0856 e. The van der Waals surface area contributed by atoms with E-state index in [4.69, 9.17) is 10.5 Å². The van der Waals surface area contributed by atoms with E-state index in [9.17, 15) is 0 Å². The number of nitrogens with two attached hydrogens (primary N) is 1. The van der Waals surface area contributed by atoms with E-state index in [-0.39, 0.29) is 6.10 Å². The molecule has 0 bridgehead atoms. The monoisotopic (exact) mass is 208 g/mol. The lowest BCUT2D eigenvalue weighted by Gasteiger charge is -2.27. The molecule has 2 fully saturated rings. The molecule has 84 valence electrons. The highest BCUT2D eigenvalue weighted by atomic mass is 16.5. The minimum Gasteiger partial charge on any atom is -0.404 e. The molecule has 1 saturated carbocycles. The Labute approximate surface area is 91.4 Å². The third-order valence-electron chi connectivity index (χ3n) is 3.09. The minimum absolute atomic E-state index is 0.168. The van der Waals surface area contributed by atoms with Gasteiger partial charge in [0.1, 0.15) is 0 Å². The van der Waals surface area contributed by atoms with Gasteiger partial charge in [-0.3, -0.25) is 4.99 Å². The van der Waals surface area contributed by atoms with Crippen molar-refractivity contribution in [3.63, 3.8) is 0 Å². The third kappa shape index (κ3) is 3.06. The van der Waals surface area contributed by atoms with Gasteiger partial charge >= 0.3 is 0 Å². The number of rotatable bonds is 3. The molecule has 0 spiro atoms. The van der Waals surface area contributed by atoms with E-state index < -0.39 is 0 Å². The average molecular weight is 208 g/mol. The molecule has 0 amide bonds. The van der Waals surface area contributed by atoms with Crippen molar-refractivity contribution in [2.45, 2.75) is 44.8 Å². The highest BCUT2D eigenvalue weighted by Crippen LogP contribution is 2.26. The zero-order valence-corrected chi connectivity index (χ0v) is 9.36. The third-order valence-corrected chi connectivity index (χ3v) is 3.09. The molecule has 15 heavy (non-hydrogen) atoms. The zero-order chi connectivity index (χ0) is 10.7. The van der Waals surface area contributed by atoms with Gasteiger partial charge in [-0.25, -0.2) is 0 Å². The van der Waals surface area contributed by atoms with Crippen molar-refractivity contribution in [3.8, 4) is 0 Å². The van der Waals surface area contributed by atoms with E-state index in [1.54, 1.807) is 6.20 Å². The van der Waals surface area contributed by atoms with Crippen LogP contribution in [-0.4, -0.2) is 25.0 Å². The lowest BCUT2D eigenvalue weighted by atomic mass is 9.94. The topological polar surface area (TPSA) is 47.6 Å². The molecule has 2 atom stereocenters. The fourth-order valence-corrected chi connectivity index (χ4v) is 1.84. The maximum atomic E-state index is 5.71. The fraction of sp³-hybridized carbons (Fsp3) is 0.750. The van der Waals surface area contributed by atoms with E-state index in [1.165, 1.54) is 12.8 Å². The van der Waals surface area contributed by atoms with Crippen molar-refractivity contribution in [1.29, 1.82) is 0 Å². The second kappa shape index (κ2) is 4.79. The molecule has 0 aromatic heterocycles. The van der Waals surface area contributed by atoms with Crippen LogP contribution in [0.25, 0.3) is 0 Å². The quantitative estimate of drug-likeness (QED) is 0.720. The van der Waals surface area contributed by atoms with Gasteiger partial charge in [0.05, 0.1) is 12.1 Å². The average Bonchev–Trinajstić information content (AvgIpc) is 3.03. The molecule has 2 N–H and O–H groups in total. The van der Waals surface area contributed by atoms with E-state index in [2.05, 4.69) is 11.9 Å². The minimum atomic E-state index is 0.168. The van der Waals surface area contributed by atoms with Crippen LogP contribution in [0.4, 0.5) is 0 Å². The SMILES string of the molecule is CC1CCOC(/C(C=NC2CC2)=C/N)C1. The Bertz CT molecular complexity index is 269. The summed E-state index contributed by atoms with van der Waals surface area (Å²) in [5.41, 5.74) is 6.67. The van der Waals surface area contributed by atoms with Crippen LogP contribution in [-0.2, 0) is 4.74 Å². The summed E-state index contributed by atoms with van der Waals surface area (Å²) in [5.74, 6) is 0.730. The Morgan fingerprint density at radius 3 is 2.80 bits per heavy atom. The standard InChI is InChI=1S/C12H20N2O/c1-9-4-5-15-12(6-9)10(7-13)8-14-11-2-3-11/h7-9,11-12H,2-6,13H2,1H3/b10-7+,14-8?. The first-order valence-corrected chi connectivity index (χ1v) is 5.86. The Morgan fingerprint density at radius 2 is 2.20 bits per heavy atom. The van der Waals surface area contributed by atoms with E-state index in [0.717, 1.165) is 30.9 Å². The summed E-state index contributed by atoms with van der Waals surface area (Å²) in [7, 11) is 0. The molecule has 3 nitrogen and oxygen atoms in total. The number of ether oxygens (including phenoxy) is 1.